The summed E-state index contributed by atoms with van der Waals surface area (Å²) in [4.78, 5) is 10.5. The van der Waals surface area contributed by atoms with E-state index in [2.05, 4.69) is 22.2 Å². The molecule has 0 amide bonds. The lowest BCUT2D eigenvalue weighted by molar-refractivity contribution is 0.916. The number of rotatable bonds is 3. The zero-order valence-electron chi connectivity index (χ0n) is 8.86. The third-order valence-electron chi connectivity index (χ3n) is 2.49. The van der Waals surface area contributed by atoms with E-state index in [1.165, 1.54) is 6.42 Å². The van der Waals surface area contributed by atoms with E-state index in [-0.39, 0.29) is 0 Å². The minimum atomic E-state index is 0.611. The molecule has 0 aliphatic heterocycles. The Balaban J connectivity index is 2.06. The van der Waals surface area contributed by atoms with Crippen LogP contribution in [0.3, 0.4) is 0 Å². The van der Waals surface area contributed by atoms with Crippen LogP contribution in [0, 0.1) is 5.92 Å². The van der Waals surface area contributed by atoms with Crippen molar-refractivity contribution >= 4 is 11.8 Å². The normalized spacial score (nSPS) is 24.5. The van der Waals surface area contributed by atoms with Crippen LogP contribution in [0.4, 0.5) is 11.8 Å². The molecule has 2 atom stereocenters. The van der Waals surface area contributed by atoms with E-state index in [4.69, 9.17) is 0 Å². The van der Waals surface area contributed by atoms with E-state index < -0.39 is 0 Å². The van der Waals surface area contributed by atoms with Crippen molar-refractivity contribution in [3.05, 3.63) is 12.3 Å². The van der Waals surface area contributed by atoms with Crippen LogP contribution in [0.5, 0.6) is 0 Å². The van der Waals surface area contributed by atoms with Gasteiger partial charge >= 0.3 is 0 Å². The third-order valence-corrected chi connectivity index (χ3v) is 2.49. The van der Waals surface area contributed by atoms with Gasteiger partial charge in [0, 0.05) is 26.3 Å². The SMILES string of the molecule is C[C@@H]1C[C@H]1Nc1ccnc(N(C)C)n1. The molecule has 14 heavy (non-hydrogen) atoms. The van der Waals surface area contributed by atoms with Crippen LogP contribution in [-0.4, -0.2) is 30.1 Å². The van der Waals surface area contributed by atoms with Gasteiger partial charge in [0.1, 0.15) is 5.82 Å². The van der Waals surface area contributed by atoms with Crippen molar-refractivity contribution in [2.45, 2.75) is 19.4 Å². The molecule has 0 spiro atoms. The quantitative estimate of drug-likeness (QED) is 0.785. The highest BCUT2D eigenvalue weighted by Crippen LogP contribution is 2.32. The first-order valence-corrected chi connectivity index (χ1v) is 4.93. The highest BCUT2D eigenvalue weighted by molar-refractivity contribution is 5.42. The fourth-order valence-electron chi connectivity index (χ4n) is 1.36. The highest BCUT2D eigenvalue weighted by atomic mass is 15.2. The highest BCUT2D eigenvalue weighted by Gasteiger charge is 2.32. The number of nitrogens with zero attached hydrogens (tertiary/aromatic N) is 3. The summed E-state index contributed by atoms with van der Waals surface area (Å²) >= 11 is 0. The van der Waals surface area contributed by atoms with Crippen LogP contribution < -0.4 is 10.2 Å². The molecule has 0 radical (unpaired) electrons. The molecular weight excluding hydrogens is 176 g/mol. The summed E-state index contributed by atoms with van der Waals surface area (Å²) in [6, 6.07) is 2.53. The van der Waals surface area contributed by atoms with Crippen molar-refractivity contribution in [3.63, 3.8) is 0 Å². The molecule has 0 saturated heterocycles. The van der Waals surface area contributed by atoms with Crippen LogP contribution >= 0.6 is 0 Å². The summed E-state index contributed by atoms with van der Waals surface area (Å²) in [5.74, 6) is 2.47. The predicted octanol–water partition coefficient (Wildman–Crippen LogP) is 1.36. The summed E-state index contributed by atoms with van der Waals surface area (Å²) in [5, 5.41) is 3.38. The van der Waals surface area contributed by atoms with Gasteiger partial charge in [-0.1, -0.05) is 6.92 Å². The molecule has 0 bridgehead atoms. The van der Waals surface area contributed by atoms with Gasteiger partial charge in [-0.25, -0.2) is 4.98 Å². The maximum atomic E-state index is 4.39. The number of hydrogen-bond acceptors (Lipinski definition) is 4. The van der Waals surface area contributed by atoms with Crippen molar-refractivity contribution in [2.75, 3.05) is 24.3 Å². The van der Waals surface area contributed by atoms with E-state index in [1.54, 1.807) is 6.20 Å². The summed E-state index contributed by atoms with van der Waals surface area (Å²) < 4.78 is 0. The number of anilines is 2. The molecule has 1 saturated carbocycles. The van der Waals surface area contributed by atoms with Crippen molar-refractivity contribution in [1.29, 1.82) is 0 Å². The second kappa shape index (κ2) is 3.44. The average molecular weight is 192 g/mol. The molecule has 4 nitrogen and oxygen atoms in total. The van der Waals surface area contributed by atoms with Gasteiger partial charge in [-0.2, -0.15) is 4.98 Å². The predicted molar refractivity (Wildman–Crippen MR) is 57.6 cm³/mol. The standard InChI is InChI=1S/C10H16N4/c1-7-6-8(7)12-9-4-5-11-10(13-9)14(2)3/h4-5,7-8H,6H2,1-3H3,(H,11,12,13)/t7-,8-/m1/s1. The third kappa shape index (κ3) is 1.95. The second-order valence-corrected chi connectivity index (χ2v) is 4.10. The lowest BCUT2D eigenvalue weighted by Gasteiger charge is -2.11. The van der Waals surface area contributed by atoms with Crippen LogP contribution in [-0.2, 0) is 0 Å². The number of hydrogen-bond donors (Lipinski definition) is 1. The molecule has 1 fully saturated rings. The molecule has 1 aromatic heterocycles. The van der Waals surface area contributed by atoms with E-state index >= 15 is 0 Å². The first-order valence-electron chi connectivity index (χ1n) is 4.93. The van der Waals surface area contributed by atoms with E-state index in [1.807, 2.05) is 25.1 Å². The van der Waals surface area contributed by atoms with Gasteiger partial charge in [0.05, 0.1) is 0 Å². The van der Waals surface area contributed by atoms with Gasteiger partial charge in [0.15, 0.2) is 0 Å². The maximum Gasteiger partial charge on any atom is 0.226 e. The fourth-order valence-corrected chi connectivity index (χ4v) is 1.36. The molecule has 4 heteroatoms. The first-order chi connectivity index (χ1) is 6.66. The van der Waals surface area contributed by atoms with Crippen molar-refractivity contribution in [1.82, 2.24) is 9.97 Å². The minimum Gasteiger partial charge on any atom is -0.367 e. The Kier molecular flexibility index (Phi) is 2.27. The van der Waals surface area contributed by atoms with Crippen LogP contribution in [0.15, 0.2) is 12.3 Å². The van der Waals surface area contributed by atoms with Crippen LogP contribution in [0.25, 0.3) is 0 Å². The molecule has 1 aliphatic rings. The Morgan fingerprint density at radius 1 is 1.50 bits per heavy atom. The van der Waals surface area contributed by atoms with Gasteiger partial charge in [-0.05, 0) is 18.4 Å². The molecule has 1 N–H and O–H groups in total. The topological polar surface area (TPSA) is 41.1 Å². The molecule has 1 heterocycles. The van der Waals surface area contributed by atoms with Gasteiger partial charge in [-0.15, -0.1) is 0 Å². The Labute approximate surface area is 84.4 Å². The van der Waals surface area contributed by atoms with Gasteiger partial charge < -0.3 is 10.2 Å². The van der Waals surface area contributed by atoms with Crippen LogP contribution in [0.1, 0.15) is 13.3 Å². The maximum absolute atomic E-state index is 4.39. The van der Waals surface area contributed by atoms with Crippen molar-refractivity contribution in [3.8, 4) is 0 Å². The van der Waals surface area contributed by atoms with E-state index in [9.17, 15) is 0 Å². The lowest BCUT2D eigenvalue weighted by atomic mass is 10.4. The van der Waals surface area contributed by atoms with Crippen LogP contribution in [0.2, 0.25) is 0 Å². The summed E-state index contributed by atoms with van der Waals surface area (Å²) in [6.07, 6.45) is 3.04. The zero-order valence-corrected chi connectivity index (χ0v) is 8.86. The summed E-state index contributed by atoms with van der Waals surface area (Å²) in [6.45, 7) is 2.24. The molecule has 0 aromatic carbocycles. The Morgan fingerprint density at radius 3 is 2.79 bits per heavy atom. The fraction of sp³-hybridized carbons (Fsp3) is 0.600. The molecule has 1 aliphatic carbocycles. The monoisotopic (exact) mass is 192 g/mol. The molecule has 76 valence electrons. The number of nitrogens with one attached hydrogen (secondary N) is 1. The smallest absolute Gasteiger partial charge is 0.226 e. The summed E-state index contributed by atoms with van der Waals surface area (Å²) in [5.41, 5.74) is 0. The first kappa shape index (κ1) is 9.24. The minimum absolute atomic E-state index is 0.611. The summed E-state index contributed by atoms with van der Waals surface area (Å²) in [7, 11) is 3.89. The average Bonchev–Trinajstić information content (AvgIpc) is 2.82. The van der Waals surface area contributed by atoms with Gasteiger partial charge in [-0.3, -0.25) is 0 Å². The number of aromatic nitrogens is 2. The van der Waals surface area contributed by atoms with Gasteiger partial charge in [0.2, 0.25) is 5.95 Å². The molecule has 1 aromatic rings. The Hall–Kier alpha value is -1.32. The van der Waals surface area contributed by atoms with E-state index in [0.717, 1.165) is 17.7 Å². The lowest BCUT2D eigenvalue weighted by Crippen LogP contribution is -2.14. The van der Waals surface area contributed by atoms with Gasteiger partial charge in [0.25, 0.3) is 0 Å². The molecule has 0 unspecified atom stereocenters. The van der Waals surface area contributed by atoms with E-state index in [0.29, 0.717) is 6.04 Å². The second-order valence-electron chi connectivity index (χ2n) is 4.10. The van der Waals surface area contributed by atoms with Crippen molar-refractivity contribution < 1.29 is 0 Å². The Bertz CT molecular complexity index is 324. The molecular formula is C10H16N4. The molecule has 2 rings (SSSR count). The Morgan fingerprint density at radius 2 is 2.21 bits per heavy atom. The van der Waals surface area contributed by atoms with Crippen molar-refractivity contribution in [2.24, 2.45) is 5.92 Å². The zero-order chi connectivity index (χ0) is 10.1. The largest absolute Gasteiger partial charge is 0.367 e.